The van der Waals surface area contributed by atoms with Crippen LogP contribution in [-0.2, 0) is 21.4 Å². The van der Waals surface area contributed by atoms with Crippen LogP contribution in [0.1, 0.15) is 16.7 Å². The molecule has 6 nitrogen and oxygen atoms in total. The van der Waals surface area contributed by atoms with E-state index in [9.17, 15) is 13.2 Å². The lowest BCUT2D eigenvalue weighted by Crippen LogP contribution is -2.37. The zero-order valence-corrected chi connectivity index (χ0v) is 18.6. The van der Waals surface area contributed by atoms with E-state index in [4.69, 9.17) is 4.74 Å². The van der Waals surface area contributed by atoms with Gasteiger partial charge in [0.15, 0.2) is 0 Å². The van der Waals surface area contributed by atoms with Gasteiger partial charge in [-0.2, -0.15) is 4.31 Å². The Kier molecular flexibility index (Phi) is 7.09. The Balaban J connectivity index is 1.90. The van der Waals surface area contributed by atoms with Crippen molar-refractivity contribution in [1.82, 2.24) is 4.31 Å². The molecule has 3 aromatic carbocycles. The lowest BCUT2D eigenvalue weighted by atomic mass is 10.2. The van der Waals surface area contributed by atoms with Gasteiger partial charge < -0.3 is 10.1 Å². The molecule has 7 heteroatoms. The number of nitrogens with zero attached hydrogens (tertiary/aromatic N) is 1. The van der Waals surface area contributed by atoms with Gasteiger partial charge in [-0.05, 0) is 48.7 Å². The fourth-order valence-electron chi connectivity index (χ4n) is 3.20. The smallest absolute Gasteiger partial charge is 0.244 e. The molecule has 0 aliphatic carbocycles. The molecule has 162 valence electrons. The summed E-state index contributed by atoms with van der Waals surface area (Å²) in [4.78, 5) is 13.0. The van der Waals surface area contributed by atoms with Crippen LogP contribution in [0.4, 0.5) is 5.69 Å². The third kappa shape index (κ3) is 5.71. The number of benzene rings is 3. The van der Waals surface area contributed by atoms with Crippen molar-refractivity contribution in [3.05, 3.63) is 89.5 Å². The molecule has 0 aliphatic heterocycles. The fraction of sp³-hybridized carbons (Fsp3) is 0.208. The summed E-state index contributed by atoms with van der Waals surface area (Å²) in [6.07, 6.45) is 0. The summed E-state index contributed by atoms with van der Waals surface area (Å²) in [6, 6.07) is 21.4. The van der Waals surface area contributed by atoms with Gasteiger partial charge in [0.1, 0.15) is 5.75 Å². The molecule has 0 saturated heterocycles. The number of rotatable bonds is 8. The zero-order valence-electron chi connectivity index (χ0n) is 17.8. The van der Waals surface area contributed by atoms with Gasteiger partial charge in [0.25, 0.3) is 0 Å². The molecule has 0 aliphatic rings. The van der Waals surface area contributed by atoms with Crippen molar-refractivity contribution in [2.45, 2.75) is 25.3 Å². The average Bonchev–Trinajstić information content (AvgIpc) is 2.75. The number of methoxy groups -OCH3 is 1. The van der Waals surface area contributed by atoms with E-state index in [-0.39, 0.29) is 18.0 Å². The van der Waals surface area contributed by atoms with Gasteiger partial charge in [-0.1, -0.05) is 48.5 Å². The van der Waals surface area contributed by atoms with E-state index in [0.29, 0.717) is 17.0 Å². The molecule has 0 bridgehead atoms. The minimum atomic E-state index is -3.90. The summed E-state index contributed by atoms with van der Waals surface area (Å²) in [5.41, 5.74) is 2.81. The Morgan fingerprint density at radius 1 is 0.968 bits per heavy atom. The average molecular weight is 439 g/mol. The molecule has 0 radical (unpaired) electrons. The predicted octanol–water partition coefficient (Wildman–Crippen LogP) is 4.14. The number of carbonyl (C=O) groups is 1. The topological polar surface area (TPSA) is 75.7 Å². The first kappa shape index (κ1) is 22.5. The maximum absolute atomic E-state index is 13.5. The predicted molar refractivity (Wildman–Crippen MR) is 122 cm³/mol. The molecule has 31 heavy (non-hydrogen) atoms. The molecule has 0 spiro atoms. The highest BCUT2D eigenvalue weighted by molar-refractivity contribution is 7.89. The SMILES string of the molecule is COc1cccc(NC(=O)CN(Cc2ccccc2)S(=O)(=O)c2cc(C)ccc2C)c1. The van der Waals surface area contributed by atoms with Gasteiger partial charge in [-0.25, -0.2) is 8.42 Å². The quantitative estimate of drug-likeness (QED) is 0.574. The Bertz CT molecular complexity index is 1160. The molecule has 3 rings (SSSR count). The Morgan fingerprint density at radius 3 is 2.42 bits per heavy atom. The number of aryl methyl sites for hydroxylation is 2. The second-order valence-electron chi connectivity index (χ2n) is 7.31. The Labute approximate surface area is 183 Å². The first-order chi connectivity index (χ1) is 14.8. The lowest BCUT2D eigenvalue weighted by molar-refractivity contribution is -0.116. The minimum Gasteiger partial charge on any atom is -0.497 e. The van der Waals surface area contributed by atoms with Crippen molar-refractivity contribution >= 4 is 21.6 Å². The van der Waals surface area contributed by atoms with E-state index >= 15 is 0 Å². The molecule has 0 unspecified atom stereocenters. The highest BCUT2D eigenvalue weighted by Gasteiger charge is 2.28. The molecule has 1 N–H and O–H groups in total. The Morgan fingerprint density at radius 2 is 1.71 bits per heavy atom. The van der Waals surface area contributed by atoms with Crippen molar-refractivity contribution in [3.63, 3.8) is 0 Å². The molecule has 0 saturated carbocycles. The monoisotopic (exact) mass is 438 g/mol. The van der Waals surface area contributed by atoms with Gasteiger partial charge in [0.05, 0.1) is 18.6 Å². The van der Waals surface area contributed by atoms with Crippen LogP contribution in [0.3, 0.4) is 0 Å². The zero-order chi connectivity index (χ0) is 22.4. The number of carbonyl (C=O) groups excluding carboxylic acids is 1. The molecule has 3 aromatic rings. The van der Waals surface area contributed by atoms with Gasteiger partial charge in [0.2, 0.25) is 15.9 Å². The summed E-state index contributed by atoms with van der Waals surface area (Å²) < 4.78 is 33.4. The largest absolute Gasteiger partial charge is 0.497 e. The maximum atomic E-state index is 13.5. The summed E-state index contributed by atoms with van der Waals surface area (Å²) in [5.74, 6) is 0.167. The summed E-state index contributed by atoms with van der Waals surface area (Å²) in [6.45, 7) is 3.36. The van der Waals surface area contributed by atoms with Crippen LogP contribution >= 0.6 is 0 Å². The van der Waals surface area contributed by atoms with Crippen LogP contribution in [-0.4, -0.2) is 32.3 Å². The summed E-state index contributed by atoms with van der Waals surface area (Å²) in [7, 11) is -2.36. The standard InChI is InChI=1S/C24H26N2O4S/c1-18-12-13-19(2)23(14-18)31(28,29)26(16-20-8-5-4-6-9-20)17-24(27)25-21-10-7-11-22(15-21)30-3/h4-15H,16-17H2,1-3H3,(H,25,27). The van der Waals surface area contributed by atoms with E-state index in [1.54, 1.807) is 50.4 Å². The first-order valence-corrected chi connectivity index (χ1v) is 11.3. The van der Waals surface area contributed by atoms with Crippen molar-refractivity contribution in [2.24, 2.45) is 0 Å². The van der Waals surface area contributed by atoms with E-state index in [0.717, 1.165) is 11.1 Å². The van der Waals surface area contributed by atoms with Gasteiger partial charge in [-0.3, -0.25) is 4.79 Å². The molecule has 1 amide bonds. The van der Waals surface area contributed by atoms with Crippen molar-refractivity contribution in [1.29, 1.82) is 0 Å². The third-order valence-electron chi connectivity index (χ3n) is 4.84. The summed E-state index contributed by atoms with van der Waals surface area (Å²) >= 11 is 0. The second kappa shape index (κ2) is 9.76. The van der Waals surface area contributed by atoms with Crippen LogP contribution in [0.2, 0.25) is 0 Å². The second-order valence-corrected chi connectivity index (χ2v) is 9.21. The van der Waals surface area contributed by atoms with E-state index in [1.807, 2.05) is 43.3 Å². The maximum Gasteiger partial charge on any atom is 0.244 e. The van der Waals surface area contributed by atoms with E-state index in [1.165, 1.54) is 4.31 Å². The first-order valence-electron chi connectivity index (χ1n) is 9.85. The van der Waals surface area contributed by atoms with E-state index < -0.39 is 15.9 Å². The van der Waals surface area contributed by atoms with Crippen LogP contribution in [0.5, 0.6) is 5.75 Å². The highest BCUT2D eigenvalue weighted by atomic mass is 32.2. The molecule has 0 aromatic heterocycles. The molecule has 0 heterocycles. The number of hydrogen-bond acceptors (Lipinski definition) is 4. The minimum absolute atomic E-state index is 0.0854. The van der Waals surface area contributed by atoms with Gasteiger partial charge in [0, 0.05) is 18.3 Å². The van der Waals surface area contributed by atoms with Crippen molar-refractivity contribution in [2.75, 3.05) is 19.0 Å². The Hall–Kier alpha value is -3.16. The molecule has 0 fully saturated rings. The number of anilines is 1. The normalized spacial score (nSPS) is 11.4. The number of sulfonamides is 1. The van der Waals surface area contributed by atoms with Crippen LogP contribution in [0, 0.1) is 13.8 Å². The molecular formula is C24H26N2O4S. The lowest BCUT2D eigenvalue weighted by Gasteiger charge is -2.23. The van der Waals surface area contributed by atoms with Crippen LogP contribution in [0.25, 0.3) is 0 Å². The van der Waals surface area contributed by atoms with Crippen LogP contribution in [0.15, 0.2) is 77.7 Å². The van der Waals surface area contributed by atoms with Gasteiger partial charge >= 0.3 is 0 Å². The number of nitrogens with one attached hydrogen (secondary N) is 1. The number of hydrogen-bond donors (Lipinski definition) is 1. The third-order valence-corrected chi connectivity index (χ3v) is 6.77. The highest BCUT2D eigenvalue weighted by Crippen LogP contribution is 2.23. The molecule has 0 atom stereocenters. The number of ether oxygens (including phenoxy) is 1. The van der Waals surface area contributed by atoms with E-state index in [2.05, 4.69) is 5.32 Å². The summed E-state index contributed by atoms with van der Waals surface area (Å²) in [5, 5.41) is 2.76. The van der Waals surface area contributed by atoms with Crippen LogP contribution < -0.4 is 10.1 Å². The fourth-order valence-corrected chi connectivity index (χ4v) is 4.89. The van der Waals surface area contributed by atoms with Crippen molar-refractivity contribution in [3.8, 4) is 5.75 Å². The number of amides is 1. The van der Waals surface area contributed by atoms with Crippen molar-refractivity contribution < 1.29 is 17.9 Å². The molecular weight excluding hydrogens is 412 g/mol. The van der Waals surface area contributed by atoms with Gasteiger partial charge in [-0.15, -0.1) is 0 Å².